The van der Waals surface area contributed by atoms with E-state index in [9.17, 15) is 4.79 Å². The fourth-order valence-corrected chi connectivity index (χ4v) is 2.32. The Labute approximate surface area is 96.7 Å². The van der Waals surface area contributed by atoms with Crippen LogP contribution >= 0.6 is 11.3 Å². The lowest BCUT2D eigenvalue weighted by atomic mass is 10.2. The second kappa shape index (κ2) is 4.44. The smallest absolute Gasteiger partial charge is 0.348 e. The lowest BCUT2D eigenvalue weighted by molar-refractivity contribution is 0.0606. The van der Waals surface area contributed by atoms with Gasteiger partial charge in [0, 0.05) is 4.88 Å². The number of thiophene rings is 1. The average Bonchev–Trinajstić information content (AvgIpc) is 2.89. The minimum Gasteiger partial charge on any atom is -0.465 e. The molecule has 0 atom stereocenters. The first kappa shape index (κ1) is 10.8. The van der Waals surface area contributed by atoms with E-state index in [1.54, 1.807) is 11.0 Å². The van der Waals surface area contributed by atoms with E-state index in [0.717, 1.165) is 10.4 Å². The Morgan fingerprint density at radius 2 is 2.44 bits per heavy atom. The van der Waals surface area contributed by atoms with Gasteiger partial charge in [0.1, 0.15) is 17.5 Å². The van der Waals surface area contributed by atoms with Crippen molar-refractivity contribution >= 4 is 17.3 Å². The number of nitrogens with zero attached hydrogens (tertiary/aromatic N) is 3. The van der Waals surface area contributed by atoms with Gasteiger partial charge in [-0.2, -0.15) is 5.10 Å². The van der Waals surface area contributed by atoms with Gasteiger partial charge >= 0.3 is 5.97 Å². The number of rotatable bonds is 3. The summed E-state index contributed by atoms with van der Waals surface area (Å²) in [4.78, 5) is 16.9. The van der Waals surface area contributed by atoms with Gasteiger partial charge in [0.05, 0.1) is 13.7 Å². The molecule has 0 amide bonds. The van der Waals surface area contributed by atoms with Crippen LogP contribution in [0.2, 0.25) is 0 Å². The van der Waals surface area contributed by atoms with Crippen molar-refractivity contribution < 1.29 is 9.53 Å². The van der Waals surface area contributed by atoms with Crippen LogP contribution in [-0.4, -0.2) is 27.8 Å². The van der Waals surface area contributed by atoms with Crippen molar-refractivity contribution in [1.29, 1.82) is 0 Å². The molecular weight excluding hydrogens is 226 g/mol. The second-order valence-electron chi connectivity index (χ2n) is 3.28. The summed E-state index contributed by atoms with van der Waals surface area (Å²) in [6.45, 7) is 2.60. The number of ether oxygens (including phenoxy) is 1. The van der Waals surface area contributed by atoms with E-state index < -0.39 is 0 Å². The Balaban J connectivity index is 2.22. The quantitative estimate of drug-likeness (QED) is 0.759. The summed E-state index contributed by atoms with van der Waals surface area (Å²) in [5.74, 6) is -0.294. The molecule has 0 unspecified atom stereocenters. The van der Waals surface area contributed by atoms with E-state index in [1.807, 2.05) is 13.0 Å². The standard InChI is InChI=1S/C10H11N3O2S/c1-7-8(4-13-6-11-5-12-13)3-9(16-7)10(14)15-2/h3,5-6H,4H2,1-2H3. The highest BCUT2D eigenvalue weighted by Gasteiger charge is 2.12. The average molecular weight is 237 g/mol. The summed E-state index contributed by atoms with van der Waals surface area (Å²) < 4.78 is 6.39. The Morgan fingerprint density at radius 3 is 3.06 bits per heavy atom. The van der Waals surface area contributed by atoms with E-state index in [4.69, 9.17) is 0 Å². The first-order valence-corrected chi connectivity index (χ1v) is 5.52. The van der Waals surface area contributed by atoms with E-state index in [1.165, 1.54) is 24.8 Å². The third-order valence-corrected chi connectivity index (χ3v) is 3.28. The zero-order valence-electron chi connectivity index (χ0n) is 9.01. The van der Waals surface area contributed by atoms with Gasteiger partial charge in [0.25, 0.3) is 0 Å². The Kier molecular flexibility index (Phi) is 3.00. The predicted octanol–water partition coefficient (Wildman–Crippen LogP) is 1.48. The number of aryl methyl sites for hydroxylation is 1. The van der Waals surface area contributed by atoms with Crippen LogP contribution in [0, 0.1) is 6.92 Å². The topological polar surface area (TPSA) is 57.0 Å². The molecule has 2 aromatic rings. The molecule has 16 heavy (non-hydrogen) atoms. The number of esters is 1. The fourth-order valence-electron chi connectivity index (χ4n) is 1.37. The Morgan fingerprint density at radius 1 is 1.62 bits per heavy atom. The van der Waals surface area contributed by atoms with Crippen molar-refractivity contribution in [3.8, 4) is 0 Å². The van der Waals surface area contributed by atoms with Gasteiger partial charge < -0.3 is 4.74 Å². The molecule has 2 rings (SSSR count). The lowest BCUT2D eigenvalue weighted by Crippen LogP contribution is -2.00. The number of hydrogen-bond acceptors (Lipinski definition) is 5. The summed E-state index contributed by atoms with van der Waals surface area (Å²) in [7, 11) is 1.38. The van der Waals surface area contributed by atoms with Crippen LogP contribution in [0.3, 0.4) is 0 Å². The highest BCUT2D eigenvalue weighted by atomic mass is 32.1. The van der Waals surface area contributed by atoms with Gasteiger partial charge in [0.2, 0.25) is 0 Å². The molecule has 0 aliphatic carbocycles. The SMILES string of the molecule is COC(=O)c1cc(Cn2cncn2)c(C)s1. The molecule has 0 spiro atoms. The van der Waals surface area contributed by atoms with E-state index in [0.29, 0.717) is 11.4 Å². The summed E-state index contributed by atoms with van der Waals surface area (Å²) in [5, 5.41) is 4.02. The van der Waals surface area contributed by atoms with E-state index in [2.05, 4.69) is 14.8 Å². The molecule has 0 aliphatic heterocycles. The lowest BCUT2D eigenvalue weighted by Gasteiger charge is -1.98. The molecule has 2 aromatic heterocycles. The van der Waals surface area contributed by atoms with Crippen LogP contribution in [0.1, 0.15) is 20.1 Å². The molecule has 6 heteroatoms. The fraction of sp³-hybridized carbons (Fsp3) is 0.300. The monoisotopic (exact) mass is 237 g/mol. The maximum absolute atomic E-state index is 11.3. The number of methoxy groups -OCH3 is 1. The number of hydrogen-bond donors (Lipinski definition) is 0. The number of carbonyl (C=O) groups excluding carboxylic acids is 1. The summed E-state index contributed by atoms with van der Waals surface area (Å²) >= 11 is 1.43. The molecule has 0 aromatic carbocycles. The van der Waals surface area contributed by atoms with Crippen LogP contribution in [0.15, 0.2) is 18.7 Å². The Bertz CT molecular complexity index is 490. The van der Waals surface area contributed by atoms with Gasteiger partial charge in [0.15, 0.2) is 0 Å². The largest absolute Gasteiger partial charge is 0.465 e. The van der Waals surface area contributed by atoms with Gasteiger partial charge in [-0.15, -0.1) is 11.3 Å². The third kappa shape index (κ3) is 2.11. The maximum Gasteiger partial charge on any atom is 0.348 e. The van der Waals surface area contributed by atoms with Crippen LogP contribution < -0.4 is 0 Å². The minimum absolute atomic E-state index is 0.294. The number of aromatic nitrogens is 3. The molecule has 0 aliphatic rings. The van der Waals surface area contributed by atoms with Crippen molar-refractivity contribution in [2.45, 2.75) is 13.5 Å². The first-order chi connectivity index (χ1) is 7.70. The van der Waals surface area contributed by atoms with Crippen molar-refractivity contribution in [1.82, 2.24) is 14.8 Å². The second-order valence-corrected chi connectivity index (χ2v) is 4.53. The molecule has 0 N–H and O–H groups in total. The third-order valence-electron chi connectivity index (χ3n) is 2.21. The highest BCUT2D eigenvalue weighted by molar-refractivity contribution is 7.14. The van der Waals surface area contributed by atoms with Crippen LogP contribution in [-0.2, 0) is 11.3 Å². The molecular formula is C10H11N3O2S. The summed E-state index contributed by atoms with van der Waals surface area (Å²) in [6.07, 6.45) is 3.14. The molecule has 0 radical (unpaired) electrons. The van der Waals surface area contributed by atoms with Crippen molar-refractivity contribution in [2.24, 2.45) is 0 Å². The highest BCUT2D eigenvalue weighted by Crippen LogP contribution is 2.22. The van der Waals surface area contributed by atoms with Crippen molar-refractivity contribution in [3.05, 3.63) is 34.0 Å². The molecule has 5 nitrogen and oxygen atoms in total. The molecule has 0 saturated carbocycles. The molecule has 0 saturated heterocycles. The van der Waals surface area contributed by atoms with E-state index in [-0.39, 0.29) is 5.97 Å². The zero-order chi connectivity index (χ0) is 11.5. The van der Waals surface area contributed by atoms with Crippen LogP contribution in [0.4, 0.5) is 0 Å². The molecule has 2 heterocycles. The van der Waals surface area contributed by atoms with Gasteiger partial charge in [-0.25, -0.2) is 14.5 Å². The predicted molar refractivity (Wildman–Crippen MR) is 59.5 cm³/mol. The van der Waals surface area contributed by atoms with Gasteiger partial charge in [-0.1, -0.05) is 0 Å². The summed E-state index contributed by atoms with van der Waals surface area (Å²) in [5.41, 5.74) is 1.07. The molecule has 0 bridgehead atoms. The van der Waals surface area contributed by atoms with Gasteiger partial charge in [-0.05, 0) is 18.6 Å². The van der Waals surface area contributed by atoms with Crippen LogP contribution in [0.5, 0.6) is 0 Å². The van der Waals surface area contributed by atoms with Crippen molar-refractivity contribution in [3.63, 3.8) is 0 Å². The first-order valence-electron chi connectivity index (χ1n) is 4.70. The van der Waals surface area contributed by atoms with Crippen molar-refractivity contribution in [2.75, 3.05) is 7.11 Å². The molecule has 84 valence electrons. The number of carbonyl (C=O) groups is 1. The minimum atomic E-state index is -0.294. The maximum atomic E-state index is 11.3. The molecule has 0 fully saturated rings. The summed E-state index contributed by atoms with van der Waals surface area (Å²) in [6, 6.07) is 1.84. The zero-order valence-corrected chi connectivity index (χ0v) is 9.82. The van der Waals surface area contributed by atoms with Gasteiger partial charge in [-0.3, -0.25) is 0 Å². The van der Waals surface area contributed by atoms with E-state index >= 15 is 0 Å². The Hall–Kier alpha value is -1.69. The normalized spacial score (nSPS) is 10.4. The van der Waals surface area contributed by atoms with Crippen LogP contribution in [0.25, 0.3) is 0 Å².